The van der Waals surface area contributed by atoms with E-state index >= 15 is 0 Å². The van der Waals surface area contributed by atoms with Crippen molar-refractivity contribution in [3.05, 3.63) is 11.3 Å². The fraction of sp³-hybridized carbons (Fsp3) is 0.692. The molecule has 0 aromatic carbocycles. The molecule has 0 unspecified atom stereocenters. The first-order valence-corrected chi connectivity index (χ1v) is 6.42. The van der Waals surface area contributed by atoms with Gasteiger partial charge in [-0.1, -0.05) is 0 Å². The van der Waals surface area contributed by atoms with Crippen LogP contribution < -0.4 is 0 Å². The topological polar surface area (TPSA) is 129 Å². The summed E-state index contributed by atoms with van der Waals surface area (Å²) < 4.78 is 10.1. The Morgan fingerprint density at radius 3 is 2.33 bits per heavy atom. The molecule has 1 saturated heterocycles. The lowest BCUT2D eigenvalue weighted by atomic mass is 9.99. The van der Waals surface area contributed by atoms with E-state index in [1.807, 2.05) is 0 Å². The Hall–Kier alpha value is -1.32. The SMILES string of the molecule is CO[C@H]1O[C@H](CN=C/C(C(C)=O)=C(/C)O)[C@@H](O)[C@H](O)[C@H]1O. The highest BCUT2D eigenvalue weighted by atomic mass is 16.7. The van der Waals surface area contributed by atoms with Gasteiger partial charge in [-0.3, -0.25) is 9.79 Å². The second kappa shape index (κ2) is 7.62. The van der Waals surface area contributed by atoms with Gasteiger partial charge in [-0.25, -0.2) is 0 Å². The number of aliphatic hydroxyl groups is 4. The molecule has 0 aromatic heterocycles. The molecular formula is C13H21NO7. The summed E-state index contributed by atoms with van der Waals surface area (Å²) in [5, 5.41) is 38.4. The predicted octanol–water partition coefficient (Wildman–Crippen LogP) is -1.07. The van der Waals surface area contributed by atoms with Crippen LogP contribution >= 0.6 is 0 Å². The van der Waals surface area contributed by atoms with Gasteiger partial charge in [0.15, 0.2) is 12.1 Å². The van der Waals surface area contributed by atoms with Crippen molar-refractivity contribution in [3.63, 3.8) is 0 Å². The van der Waals surface area contributed by atoms with Gasteiger partial charge in [-0.15, -0.1) is 0 Å². The van der Waals surface area contributed by atoms with Crippen molar-refractivity contribution in [1.82, 2.24) is 0 Å². The van der Waals surface area contributed by atoms with Crippen molar-refractivity contribution in [2.45, 2.75) is 44.6 Å². The normalized spacial score (nSPS) is 34.9. The molecule has 8 nitrogen and oxygen atoms in total. The van der Waals surface area contributed by atoms with Gasteiger partial charge in [0.2, 0.25) is 0 Å². The fourth-order valence-electron chi connectivity index (χ4n) is 1.95. The molecule has 0 saturated carbocycles. The monoisotopic (exact) mass is 303 g/mol. The first kappa shape index (κ1) is 17.7. The molecule has 1 rings (SSSR count). The number of Topliss-reactive ketones (excluding diaryl/α,β-unsaturated/α-hetero) is 1. The third-order valence-electron chi connectivity index (χ3n) is 3.18. The molecule has 1 fully saturated rings. The molecule has 0 aromatic rings. The molecule has 1 aliphatic rings. The molecule has 0 amide bonds. The van der Waals surface area contributed by atoms with E-state index < -0.39 is 30.7 Å². The Kier molecular flexibility index (Phi) is 6.43. The van der Waals surface area contributed by atoms with Crippen LogP contribution in [0.2, 0.25) is 0 Å². The largest absolute Gasteiger partial charge is 0.512 e. The molecule has 8 heteroatoms. The number of aliphatic imine (C=N–C) groups is 1. The second-order valence-corrected chi connectivity index (χ2v) is 4.80. The zero-order valence-corrected chi connectivity index (χ0v) is 12.1. The number of aliphatic hydroxyl groups excluding tert-OH is 4. The molecule has 5 atom stereocenters. The average molecular weight is 303 g/mol. The molecular weight excluding hydrogens is 282 g/mol. The van der Waals surface area contributed by atoms with Gasteiger partial charge in [0.25, 0.3) is 0 Å². The van der Waals surface area contributed by atoms with Gasteiger partial charge < -0.3 is 29.9 Å². The van der Waals surface area contributed by atoms with Crippen LogP contribution in [0.1, 0.15) is 13.8 Å². The highest BCUT2D eigenvalue weighted by molar-refractivity contribution is 6.12. The third kappa shape index (κ3) is 4.32. The number of methoxy groups -OCH3 is 1. The van der Waals surface area contributed by atoms with E-state index in [1.165, 1.54) is 27.2 Å². The Morgan fingerprint density at radius 2 is 1.86 bits per heavy atom. The quantitative estimate of drug-likeness (QED) is 0.289. The van der Waals surface area contributed by atoms with E-state index in [2.05, 4.69) is 4.99 Å². The maximum atomic E-state index is 11.2. The molecule has 1 aliphatic heterocycles. The number of hydrogen-bond donors (Lipinski definition) is 4. The molecule has 120 valence electrons. The van der Waals surface area contributed by atoms with Gasteiger partial charge in [0, 0.05) is 13.3 Å². The summed E-state index contributed by atoms with van der Waals surface area (Å²) >= 11 is 0. The lowest BCUT2D eigenvalue weighted by molar-refractivity contribution is -0.287. The molecule has 0 aliphatic carbocycles. The number of nitrogens with zero attached hydrogens (tertiary/aromatic N) is 1. The highest BCUT2D eigenvalue weighted by Gasteiger charge is 2.43. The average Bonchev–Trinajstić information content (AvgIpc) is 2.42. The number of ether oxygens (including phenoxy) is 2. The summed E-state index contributed by atoms with van der Waals surface area (Å²) in [5.74, 6) is -0.518. The molecule has 21 heavy (non-hydrogen) atoms. The van der Waals surface area contributed by atoms with Crippen molar-refractivity contribution in [2.24, 2.45) is 4.99 Å². The van der Waals surface area contributed by atoms with Crippen molar-refractivity contribution in [1.29, 1.82) is 0 Å². The summed E-state index contributed by atoms with van der Waals surface area (Å²) in [6, 6.07) is 0. The van der Waals surface area contributed by atoms with Crippen LogP contribution in [0.5, 0.6) is 0 Å². The lowest BCUT2D eigenvalue weighted by Gasteiger charge is -2.39. The van der Waals surface area contributed by atoms with Gasteiger partial charge in [-0.05, 0) is 13.8 Å². The minimum atomic E-state index is -1.42. The summed E-state index contributed by atoms with van der Waals surface area (Å²) in [6.45, 7) is 2.57. The zero-order valence-electron chi connectivity index (χ0n) is 12.1. The van der Waals surface area contributed by atoms with E-state index in [1.54, 1.807) is 0 Å². The molecule has 0 radical (unpaired) electrons. The number of carbonyl (C=O) groups is 1. The minimum absolute atomic E-state index is 0.0455. The van der Waals surface area contributed by atoms with Crippen LogP contribution in [0.3, 0.4) is 0 Å². The zero-order chi connectivity index (χ0) is 16.2. The smallest absolute Gasteiger partial charge is 0.186 e. The van der Waals surface area contributed by atoms with Crippen molar-refractivity contribution >= 4 is 12.0 Å². The maximum absolute atomic E-state index is 11.2. The fourth-order valence-corrected chi connectivity index (χ4v) is 1.95. The Bertz CT molecular complexity index is 428. The van der Waals surface area contributed by atoms with Crippen molar-refractivity contribution in [3.8, 4) is 0 Å². The van der Waals surface area contributed by atoms with E-state index in [4.69, 9.17) is 9.47 Å². The summed E-state index contributed by atoms with van der Waals surface area (Å²) in [5.41, 5.74) is 0.0455. The Morgan fingerprint density at radius 1 is 1.24 bits per heavy atom. The van der Waals surface area contributed by atoms with E-state index in [9.17, 15) is 25.2 Å². The van der Waals surface area contributed by atoms with Crippen LogP contribution in [-0.2, 0) is 14.3 Å². The second-order valence-electron chi connectivity index (χ2n) is 4.80. The van der Waals surface area contributed by atoms with Crippen LogP contribution in [0.25, 0.3) is 0 Å². The highest BCUT2D eigenvalue weighted by Crippen LogP contribution is 2.21. The molecule has 0 spiro atoms. The third-order valence-corrected chi connectivity index (χ3v) is 3.18. The molecule has 0 bridgehead atoms. The van der Waals surface area contributed by atoms with Crippen molar-refractivity contribution < 1.29 is 34.7 Å². The van der Waals surface area contributed by atoms with Crippen LogP contribution in [-0.4, -0.2) is 76.8 Å². The summed E-state index contributed by atoms with van der Waals surface area (Å²) in [6.07, 6.45) is -4.94. The van der Waals surface area contributed by atoms with Crippen molar-refractivity contribution in [2.75, 3.05) is 13.7 Å². The summed E-state index contributed by atoms with van der Waals surface area (Å²) in [7, 11) is 1.30. The van der Waals surface area contributed by atoms with E-state index in [0.29, 0.717) is 0 Å². The first-order chi connectivity index (χ1) is 9.79. The van der Waals surface area contributed by atoms with E-state index in [-0.39, 0.29) is 23.7 Å². The maximum Gasteiger partial charge on any atom is 0.186 e. The van der Waals surface area contributed by atoms with E-state index in [0.717, 1.165) is 0 Å². The Labute approximate surface area is 122 Å². The van der Waals surface area contributed by atoms with Crippen LogP contribution in [0.4, 0.5) is 0 Å². The molecule has 1 heterocycles. The predicted molar refractivity (Wildman–Crippen MR) is 73.1 cm³/mol. The standard InChI is InChI=1S/C13H21NO7/c1-6(15)8(7(2)16)4-14-5-9-10(17)11(18)12(19)13(20-3)21-9/h4,9-13,15,17-19H,5H2,1-3H3/b8-6+,14-4?/t9-,10-,11+,12-,13+/m1/s1. The minimum Gasteiger partial charge on any atom is -0.512 e. The number of hydrogen-bond acceptors (Lipinski definition) is 8. The number of rotatable bonds is 5. The Balaban J connectivity index is 2.74. The summed E-state index contributed by atoms with van der Waals surface area (Å²) in [4.78, 5) is 15.2. The number of allylic oxidation sites excluding steroid dienone is 2. The first-order valence-electron chi connectivity index (χ1n) is 6.42. The van der Waals surface area contributed by atoms with Gasteiger partial charge in [0.1, 0.15) is 30.2 Å². The number of ketones is 1. The van der Waals surface area contributed by atoms with Gasteiger partial charge in [-0.2, -0.15) is 0 Å². The molecule has 4 N–H and O–H groups in total. The van der Waals surface area contributed by atoms with Gasteiger partial charge in [0.05, 0.1) is 12.1 Å². The van der Waals surface area contributed by atoms with Crippen LogP contribution in [0.15, 0.2) is 16.3 Å². The van der Waals surface area contributed by atoms with Gasteiger partial charge >= 0.3 is 0 Å². The van der Waals surface area contributed by atoms with Crippen LogP contribution in [0, 0.1) is 0 Å². The number of carbonyl (C=O) groups excluding carboxylic acids is 1. The lowest BCUT2D eigenvalue weighted by Crippen LogP contribution is -2.58.